The quantitative estimate of drug-likeness (QED) is 0.368. The van der Waals surface area contributed by atoms with Crippen molar-refractivity contribution in [2.24, 2.45) is 0 Å². The second-order valence-corrected chi connectivity index (χ2v) is 3.57. The fourth-order valence-corrected chi connectivity index (χ4v) is 1.44. The lowest BCUT2D eigenvalue weighted by atomic mass is 10.5. The van der Waals surface area contributed by atoms with Gasteiger partial charge in [-0.3, -0.25) is 0 Å². The van der Waals surface area contributed by atoms with Gasteiger partial charge >= 0.3 is 5.82 Å². The lowest BCUT2D eigenvalue weighted by Gasteiger charge is -1.87. The Balaban J connectivity index is 2.76. The molecule has 14 heavy (non-hydrogen) atoms. The topological polar surface area (TPSA) is 61.0 Å². The van der Waals surface area contributed by atoms with Crippen molar-refractivity contribution in [2.45, 2.75) is 6.54 Å². The number of aromatic nitrogens is 2. The molecule has 0 amide bonds. The molecule has 0 aromatic carbocycles. The molecule has 0 atom stereocenters. The average Bonchev–Trinajstić information content (AvgIpc) is 2.47. The van der Waals surface area contributed by atoms with Gasteiger partial charge in [-0.05, 0) is 20.9 Å². The first kappa shape index (κ1) is 11.2. The summed E-state index contributed by atoms with van der Waals surface area (Å²) in [4.78, 5) is 9.89. The fourth-order valence-electron chi connectivity index (χ4n) is 0.850. The van der Waals surface area contributed by atoms with Gasteiger partial charge in [-0.15, -0.1) is 11.6 Å². The highest BCUT2D eigenvalue weighted by Gasteiger charge is 2.17. The van der Waals surface area contributed by atoms with Crippen LogP contribution in [0.3, 0.4) is 0 Å². The van der Waals surface area contributed by atoms with Crippen LogP contribution in [0, 0.1) is 10.1 Å². The maximum atomic E-state index is 10.4. The van der Waals surface area contributed by atoms with E-state index in [0.717, 1.165) is 0 Å². The van der Waals surface area contributed by atoms with Gasteiger partial charge in [-0.25, -0.2) is 0 Å². The average molecular weight is 281 g/mol. The molecule has 0 unspecified atom stereocenters. The molecule has 1 aromatic rings. The molecule has 0 fully saturated rings. The van der Waals surface area contributed by atoms with E-state index in [-0.39, 0.29) is 5.82 Å². The van der Waals surface area contributed by atoms with Crippen molar-refractivity contribution in [1.29, 1.82) is 0 Å². The van der Waals surface area contributed by atoms with Crippen LogP contribution in [0.1, 0.15) is 0 Å². The molecule has 0 aliphatic heterocycles. The Morgan fingerprint density at radius 1 is 1.71 bits per heavy atom. The van der Waals surface area contributed by atoms with Gasteiger partial charge < -0.3 is 10.1 Å². The molecule has 0 saturated heterocycles. The Morgan fingerprint density at radius 3 is 2.93 bits per heavy atom. The highest BCUT2D eigenvalue weighted by atomic mass is 79.9. The van der Waals surface area contributed by atoms with E-state index < -0.39 is 4.92 Å². The van der Waals surface area contributed by atoms with Gasteiger partial charge in [-0.2, -0.15) is 4.68 Å². The van der Waals surface area contributed by atoms with Gasteiger partial charge in [0.15, 0.2) is 0 Å². The predicted octanol–water partition coefficient (Wildman–Crippen LogP) is 2.35. The van der Waals surface area contributed by atoms with E-state index in [2.05, 4.69) is 21.0 Å². The van der Waals surface area contributed by atoms with E-state index in [9.17, 15) is 10.1 Å². The zero-order chi connectivity index (χ0) is 10.6. The van der Waals surface area contributed by atoms with Gasteiger partial charge in [0.2, 0.25) is 0 Å². The van der Waals surface area contributed by atoms with Crippen molar-refractivity contribution < 1.29 is 4.92 Å². The molecule has 0 aliphatic rings. The van der Waals surface area contributed by atoms with Crippen LogP contribution in [0.2, 0.25) is 0 Å². The maximum Gasteiger partial charge on any atom is 0.404 e. The highest BCUT2D eigenvalue weighted by Crippen LogP contribution is 2.21. The molecule has 0 bridgehead atoms. The second-order valence-electron chi connectivity index (χ2n) is 2.41. The number of hydrogen-bond donors (Lipinski definition) is 0. The molecule has 1 rings (SSSR count). The molecule has 0 saturated carbocycles. The summed E-state index contributed by atoms with van der Waals surface area (Å²) in [5.41, 5.74) is 0. The third-order valence-electron chi connectivity index (χ3n) is 1.42. The van der Waals surface area contributed by atoms with E-state index in [1.54, 1.807) is 18.3 Å². The lowest BCUT2D eigenvalue weighted by molar-refractivity contribution is -0.390. The Labute approximate surface area is 93.6 Å². The third-order valence-corrected chi connectivity index (χ3v) is 2.16. The summed E-state index contributed by atoms with van der Waals surface area (Å²) >= 11 is 8.47. The molecule has 1 heterocycles. The van der Waals surface area contributed by atoms with Crippen LogP contribution in [-0.4, -0.2) is 20.6 Å². The first-order valence-electron chi connectivity index (χ1n) is 3.73. The van der Waals surface area contributed by atoms with Crippen LogP contribution in [-0.2, 0) is 6.54 Å². The molecule has 0 radical (unpaired) electrons. The van der Waals surface area contributed by atoms with Crippen molar-refractivity contribution in [3.8, 4) is 0 Å². The SMILES string of the molecule is O=[N+]([O-])c1nn(CC=CCCl)cc1Br. The van der Waals surface area contributed by atoms with Gasteiger partial charge in [-0.1, -0.05) is 12.2 Å². The summed E-state index contributed by atoms with van der Waals surface area (Å²) in [6, 6.07) is 0. The van der Waals surface area contributed by atoms with Crippen LogP contribution in [0.15, 0.2) is 22.8 Å². The summed E-state index contributed by atoms with van der Waals surface area (Å²) in [5, 5.41) is 14.2. The Morgan fingerprint density at radius 2 is 2.43 bits per heavy atom. The van der Waals surface area contributed by atoms with Crippen LogP contribution < -0.4 is 0 Å². The van der Waals surface area contributed by atoms with Gasteiger partial charge in [0.1, 0.15) is 4.47 Å². The summed E-state index contributed by atoms with van der Waals surface area (Å²) < 4.78 is 1.84. The van der Waals surface area contributed by atoms with E-state index >= 15 is 0 Å². The van der Waals surface area contributed by atoms with E-state index in [1.165, 1.54) is 4.68 Å². The summed E-state index contributed by atoms with van der Waals surface area (Å²) in [6.07, 6.45) is 5.09. The van der Waals surface area contributed by atoms with Crippen molar-refractivity contribution in [3.63, 3.8) is 0 Å². The van der Waals surface area contributed by atoms with Crippen LogP contribution in [0.5, 0.6) is 0 Å². The minimum Gasteiger partial charge on any atom is -0.358 e. The summed E-state index contributed by atoms with van der Waals surface area (Å²) in [7, 11) is 0. The molecule has 5 nitrogen and oxygen atoms in total. The van der Waals surface area contributed by atoms with Gasteiger partial charge in [0.25, 0.3) is 0 Å². The molecule has 1 aromatic heterocycles. The van der Waals surface area contributed by atoms with E-state index in [4.69, 9.17) is 11.6 Å². The van der Waals surface area contributed by atoms with Crippen LogP contribution in [0.4, 0.5) is 5.82 Å². The van der Waals surface area contributed by atoms with Crippen LogP contribution >= 0.6 is 27.5 Å². The monoisotopic (exact) mass is 279 g/mol. The predicted molar refractivity (Wildman–Crippen MR) is 56.4 cm³/mol. The first-order chi connectivity index (χ1) is 6.65. The number of allylic oxidation sites excluding steroid dienone is 2. The van der Waals surface area contributed by atoms with Gasteiger partial charge in [0, 0.05) is 5.88 Å². The zero-order valence-corrected chi connectivity index (χ0v) is 9.40. The summed E-state index contributed by atoms with van der Waals surface area (Å²) in [6.45, 7) is 0.471. The molecule has 7 heteroatoms. The Bertz CT molecular complexity index is 364. The molecule has 0 spiro atoms. The lowest BCUT2D eigenvalue weighted by Crippen LogP contribution is -1.97. The fraction of sp³-hybridized carbons (Fsp3) is 0.286. The number of hydrogen-bond acceptors (Lipinski definition) is 3. The smallest absolute Gasteiger partial charge is 0.358 e. The van der Waals surface area contributed by atoms with Crippen molar-refractivity contribution >= 4 is 33.3 Å². The molecule has 0 aliphatic carbocycles. The standard InChI is InChI=1S/C7H7BrClN3O2/c8-6-5-11(4-2-1-3-9)10-7(6)12(13)14/h1-2,5H,3-4H2. The van der Waals surface area contributed by atoms with Crippen molar-refractivity contribution in [1.82, 2.24) is 9.78 Å². The summed E-state index contributed by atoms with van der Waals surface area (Å²) in [5.74, 6) is 0.245. The van der Waals surface area contributed by atoms with Crippen LogP contribution in [0.25, 0.3) is 0 Å². The van der Waals surface area contributed by atoms with E-state index in [0.29, 0.717) is 16.9 Å². The third kappa shape index (κ3) is 2.81. The number of alkyl halides is 1. The second kappa shape index (κ2) is 5.11. The van der Waals surface area contributed by atoms with Crippen molar-refractivity contribution in [3.05, 3.63) is 32.9 Å². The minimum atomic E-state index is -0.536. The minimum absolute atomic E-state index is 0.177. The maximum absolute atomic E-state index is 10.4. The Hall–Kier alpha value is -0.880. The van der Waals surface area contributed by atoms with E-state index in [1.807, 2.05) is 0 Å². The molecular weight excluding hydrogens is 273 g/mol. The number of rotatable bonds is 4. The molecule has 76 valence electrons. The number of nitrogens with zero attached hydrogens (tertiary/aromatic N) is 3. The number of nitro groups is 1. The van der Waals surface area contributed by atoms with Crippen molar-refractivity contribution in [2.75, 3.05) is 5.88 Å². The first-order valence-corrected chi connectivity index (χ1v) is 5.06. The zero-order valence-electron chi connectivity index (χ0n) is 7.06. The molecular formula is C7H7BrClN3O2. The molecule has 0 N–H and O–H groups in total. The Kier molecular flexibility index (Phi) is 4.09. The normalized spacial score (nSPS) is 11.0. The number of halogens is 2. The van der Waals surface area contributed by atoms with Gasteiger partial charge in [0.05, 0.1) is 17.8 Å². The largest absolute Gasteiger partial charge is 0.404 e. The highest BCUT2D eigenvalue weighted by molar-refractivity contribution is 9.10.